The summed E-state index contributed by atoms with van der Waals surface area (Å²) in [6.07, 6.45) is 1.48. The average Bonchev–Trinajstić information content (AvgIpc) is 3.23. The number of hydrogen-bond donors (Lipinski definition) is 1. The fraction of sp³-hybridized carbons (Fsp3) is 0.125. The van der Waals surface area contributed by atoms with E-state index in [0.717, 1.165) is 20.7 Å². The monoisotopic (exact) mass is 358 g/mol. The maximum atomic E-state index is 11.7. The number of carbonyl (C=O) groups is 1. The molecule has 0 unspecified atom stereocenters. The van der Waals surface area contributed by atoms with Crippen LogP contribution in [0.15, 0.2) is 56.3 Å². The van der Waals surface area contributed by atoms with Crippen molar-refractivity contribution in [1.82, 2.24) is 15.6 Å². The van der Waals surface area contributed by atoms with Crippen LogP contribution in [-0.2, 0) is 4.79 Å². The minimum absolute atomic E-state index is 0.209. The molecule has 2 heterocycles. The van der Waals surface area contributed by atoms with E-state index in [4.69, 9.17) is 4.42 Å². The van der Waals surface area contributed by atoms with Crippen molar-refractivity contribution in [3.8, 4) is 11.3 Å². The van der Waals surface area contributed by atoms with Gasteiger partial charge in [-0.3, -0.25) is 4.79 Å². The van der Waals surface area contributed by atoms with Crippen molar-refractivity contribution in [3.05, 3.63) is 53.2 Å². The Morgan fingerprint density at radius 2 is 2.12 bits per heavy atom. The summed E-state index contributed by atoms with van der Waals surface area (Å²) in [5.41, 5.74) is 3.45. The first kappa shape index (κ1) is 16.4. The molecule has 0 fully saturated rings. The summed E-state index contributed by atoms with van der Waals surface area (Å²) in [6, 6.07) is 13.4. The molecule has 2 aromatic heterocycles. The third-order valence-corrected chi connectivity index (χ3v) is 4.87. The van der Waals surface area contributed by atoms with E-state index in [1.54, 1.807) is 6.07 Å². The van der Waals surface area contributed by atoms with Crippen molar-refractivity contribution in [2.75, 3.05) is 5.75 Å². The lowest BCUT2D eigenvalue weighted by atomic mass is 10.2. The van der Waals surface area contributed by atoms with Gasteiger partial charge in [-0.1, -0.05) is 53.4 Å². The van der Waals surface area contributed by atoms with Crippen LogP contribution in [0, 0.1) is 6.92 Å². The number of thioether (sulfide) groups is 1. The highest BCUT2D eigenvalue weighted by Gasteiger charge is 2.06. The predicted molar refractivity (Wildman–Crippen MR) is 95.3 cm³/mol. The fourth-order valence-electron chi connectivity index (χ4n) is 1.84. The lowest BCUT2D eigenvalue weighted by Gasteiger charge is -1.97. The van der Waals surface area contributed by atoms with Crippen molar-refractivity contribution in [2.24, 2.45) is 5.10 Å². The molecule has 122 valence electrons. The molecule has 0 aliphatic rings. The van der Waals surface area contributed by atoms with Crippen LogP contribution >= 0.6 is 23.1 Å². The number of furan rings is 1. The Bertz CT molecular complexity index is 843. The molecule has 6 nitrogen and oxygen atoms in total. The first-order valence-corrected chi connectivity index (χ1v) is 8.91. The summed E-state index contributed by atoms with van der Waals surface area (Å²) in [5, 5.41) is 12.6. The number of aromatic nitrogens is 2. The third-order valence-electron chi connectivity index (χ3n) is 2.90. The largest absolute Gasteiger partial charge is 0.455 e. The van der Waals surface area contributed by atoms with E-state index in [9.17, 15) is 4.79 Å². The molecule has 1 N–H and O–H groups in total. The Labute approximate surface area is 147 Å². The van der Waals surface area contributed by atoms with Crippen molar-refractivity contribution >= 4 is 35.2 Å². The Morgan fingerprint density at radius 3 is 2.88 bits per heavy atom. The predicted octanol–water partition coefficient (Wildman–Crippen LogP) is 3.35. The molecule has 0 saturated heterocycles. The zero-order chi connectivity index (χ0) is 16.8. The second-order valence-electron chi connectivity index (χ2n) is 4.74. The van der Waals surface area contributed by atoms with Gasteiger partial charge in [-0.25, -0.2) is 5.43 Å². The summed E-state index contributed by atoms with van der Waals surface area (Å²) < 4.78 is 6.43. The van der Waals surface area contributed by atoms with Crippen molar-refractivity contribution < 1.29 is 9.21 Å². The molecule has 0 aliphatic carbocycles. The van der Waals surface area contributed by atoms with Gasteiger partial charge >= 0.3 is 0 Å². The van der Waals surface area contributed by atoms with Crippen LogP contribution in [0.3, 0.4) is 0 Å². The summed E-state index contributed by atoms with van der Waals surface area (Å²) in [4.78, 5) is 11.7. The topological polar surface area (TPSA) is 80.4 Å². The first-order chi connectivity index (χ1) is 11.7. The Kier molecular flexibility index (Phi) is 5.39. The second-order valence-corrected chi connectivity index (χ2v) is 7.14. The van der Waals surface area contributed by atoms with Gasteiger partial charge in [-0.2, -0.15) is 5.10 Å². The molecule has 1 aromatic carbocycles. The normalized spacial score (nSPS) is 11.0. The average molecular weight is 358 g/mol. The van der Waals surface area contributed by atoms with Crippen LogP contribution in [0.4, 0.5) is 0 Å². The number of hydrogen-bond acceptors (Lipinski definition) is 7. The third kappa shape index (κ3) is 4.53. The maximum absolute atomic E-state index is 11.7. The van der Waals surface area contributed by atoms with Crippen LogP contribution in [0.25, 0.3) is 11.3 Å². The maximum Gasteiger partial charge on any atom is 0.250 e. The lowest BCUT2D eigenvalue weighted by Crippen LogP contribution is -2.19. The standard InChI is InChI=1S/C16H14N4O2S2/c1-11-18-20-16(24-11)23-10-15(21)19-17-9-13-7-8-14(22-13)12-5-3-2-4-6-12/h2-9H,10H2,1H3,(H,19,21). The summed E-state index contributed by atoms with van der Waals surface area (Å²) >= 11 is 2.79. The highest BCUT2D eigenvalue weighted by molar-refractivity contribution is 8.01. The van der Waals surface area contributed by atoms with E-state index in [-0.39, 0.29) is 11.7 Å². The number of aryl methyl sites for hydroxylation is 1. The minimum atomic E-state index is -0.209. The highest BCUT2D eigenvalue weighted by atomic mass is 32.2. The molecular weight excluding hydrogens is 344 g/mol. The summed E-state index contributed by atoms with van der Waals surface area (Å²) in [7, 11) is 0. The molecule has 3 rings (SSSR count). The van der Waals surface area contributed by atoms with Gasteiger partial charge in [0.2, 0.25) is 0 Å². The van der Waals surface area contributed by atoms with Crippen LogP contribution in [0.2, 0.25) is 0 Å². The van der Waals surface area contributed by atoms with Gasteiger partial charge in [0.15, 0.2) is 4.34 Å². The lowest BCUT2D eigenvalue weighted by molar-refractivity contribution is -0.118. The molecule has 0 spiro atoms. The zero-order valence-corrected chi connectivity index (χ0v) is 14.4. The van der Waals surface area contributed by atoms with Crippen molar-refractivity contribution in [2.45, 2.75) is 11.3 Å². The van der Waals surface area contributed by atoms with Gasteiger partial charge in [0, 0.05) is 5.56 Å². The molecule has 3 aromatic rings. The minimum Gasteiger partial charge on any atom is -0.455 e. The SMILES string of the molecule is Cc1nnc(SCC(=O)NN=Cc2ccc(-c3ccccc3)o2)s1. The highest BCUT2D eigenvalue weighted by Crippen LogP contribution is 2.22. The molecule has 0 saturated carbocycles. The van der Waals surface area contributed by atoms with Crippen molar-refractivity contribution in [3.63, 3.8) is 0 Å². The molecule has 1 amide bonds. The number of rotatable bonds is 6. The second kappa shape index (κ2) is 7.89. The summed E-state index contributed by atoms with van der Waals surface area (Å²) in [5.74, 6) is 1.35. The van der Waals surface area contributed by atoms with Gasteiger partial charge < -0.3 is 4.42 Å². The van der Waals surface area contributed by atoms with E-state index in [2.05, 4.69) is 20.7 Å². The smallest absolute Gasteiger partial charge is 0.250 e. The van der Waals surface area contributed by atoms with Gasteiger partial charge in [0.25, 0.3) is 5.91 Å². The van der Waals surface area contributed by atoms with E-state index in [1.165, 1.54) is 29.3 Å². The molecular formula is C16H14N4O2S2. The molecule has 0 aliphatic heterocycles. The number of nitrogens with one attached hydrogen (secondary N) is 1. The Balaban J connectivity index is 1.49. The van der Waals surface area contributed by atoms with Gasteiger partial charge in [0.1, 0.15) is 16.5 Å². The first-order valence-electron chi connectivity index (χ1n) is 7.11. The number of nitrogens with zero attached hydrogens (tertiary/aromatic N) is 3. The zero-order valence-electron chi connectivity index (χ0n) is 12.8. The van der Waals surface area contributed by atoms with E-state index >= 15 is 0 Å². The number of carbonyl (C=O) groups excluding carboxylic acids is 1. The summed E-state index contributed by atoms with van der Waals surface area (Å²) in [6.45, 7) is 1.87. The van der Waals surface area contributed by atoms with Crippen LogP contribution in [0.1, 0.15) is 10.8 Å². The van der Waals surface area contributed by atoms with Gasteiger partial charge in [-0.05, 0) is 19.1 Å². The molecule has 0 atom stereocenters. The van der Waals surface area contributed by atoms with Crippen molar-refractivity contribution in [1.29, 1.82) is 0 Å². The number of amides is 1. The molecule has 0 radical (unpaired) electrons. The van der Waals surface area contributed by atoms with Crippen LogP contribution < -0.4 is 5.43 Å². The van der Waals surface area contributed by atoms with Crippen LogP contribution in [-0.4, -0.2) is 28.1 Å². The Morgan fingerprint density at radius 1 is 1.29 bits per heavy atom. The Hall–Kier alpha value is -2.45. The van der Waals surface area contributed by atoms with E-state index < -0.39 is 0 Å². The molecule has 8 heteroatoms. The van der Waals surface area contributed by atoms with Gasteiger partial charge in [0.05, 0.1) is 12.0 Å². The fourth-order valence-corrected chi connectivity index (χ4v) is 3.45. The van der Waals surface area contributed by atoms with Gasteiger partial charge in [-0.15, -0.1) is 10.2 Å². The molecule has 0 bridgehead atoms. The van der Waals surface area contributed by atoms with Crippen LogP contribution in [0.5, 0.6) is 0 Å². The molecule has 24 heavy (non-hydrogen) atoms. The number of benzene rings is 1. The number of hydrazone groups is 1. The van der Waals surface area contributed by atoms with E-state index in [1.807, 2.05) is 43.3 Å². The quantitative estimate of drug-likeness (QED) is 0.415. The van der Waals surface area contributed by atoms with E-state index in [0.29, 0.717) is 5.76 Å².